The van der Waals surface area contributed by atoms with Gasteiger partial charge in [-0.1, -0.05) is 12.1 Å². The number of amides is 1. The van der Waals surface area contributed by atoms with Crippen molar-refractivity contribution in [2.75, 3.05) is 20.3 Å². The van der Waals surface area contributed by atoms with Gasteiger partial charge in [-0.3, -0.25) is 4.79 Å². The molecule has 1 aliphatic heterocycles. The van der Waals surface area contributed by atoms with Crippen molar-refractivity contribution in [3.05, 3.63) is 41.9 Å². The summed E-state index contributed by atoms with van der Waals surface area (Å²) in [6, 6.07) is 4.74. The van der Waals surface area contributed by atoms with Gasteiger partial charge >= 0.3 is 12.1 Å². The van der Waals surface area contributed by atoms with Gasteiger partial charge in [0.1, 0.15) is 0 Å². The number of ether oxygens (including phenoxy) is 1. The molecule has 2 heterocycles. The molecule has 1 fully saturated rings. The Bertz CT molecular complexity index is 776. The quantitative estimate of drug-likeness (QED) is 0.847. The van der Waals surface area contributed by atoms with E-state index >= 15 is 0 Å². The lowest BCUT2D eigenvalue weighted by atomic mass is 10.1. The molecule has 1 unspecified atom stereocenters. The highest BCUT2D eigenvalue weighted by atomic mass is 19.4. The van der Waals surface area contributed by atoms with Crippen LogP contribution < -0.4 is 10.6 Å². The average Bonchev–Trinajstić information content (AvgIpc) is 3.24. The van der Waals surface area contributed by atoms with Gasteiger partial charge in [-0.05, 0) is 18.6 Å². The first-order valence-electron chi connectivity index (χ1n) is 8.03. The van der Waals surface area contributed by atoms with E-state index < -0.39 is 17.6 Å². The molecule has 0 bridgehead atoms. The van der Waals surface area contributed by atoms with Crippen molar-refractivity contribution in [3.8, 4) is 11.3 Å². The zero-order valence-electron chi connectivity index (χ0n) is 14.0. The van der Waals surface area contributed by atoms with Gasteiger partial charge in [0.05, 0.1) is 18.4 Å². The summed E-state index contributed by atoms with van der Waals surface area (Å²) in [4.78, 5) is 16.1. The van der Waals surface area contributed by atoms with Crippen LogP contribution in [0, 0.1) is 0 Å². The molecule has 9 heteroatoms. The monoisotopic (exact) mass is 369 g/mol. The number of benzene rings is 1. The van der Waals surface area contributed by atoms with Crippen molar-refractivity contribution >= 4 is 5.91 Å². The zero-order chi connectivity index (χ0) is 18.7. The molecule has 0 spiro atoms. The highest BCUT2D eigenvalue weighted by Crippen LogP contribution is 2.32. The number of nitrogens with one attached hydrogen (secondary N) is 2. The number of carbonyl (C=O) groups excluding carboxylic acids is 1. The molecular weight excluding hydrogens is 351 g/mol. The summed E-state index contributed by atoms with van der Waals surface area (Å²) in [5.74, 6) is -0.594. The molecule has 1 aromatic carbocycles. The average molecular weight is 369 g/mol. The Kier molecular flexibility index (Phi) is 5.28. The van der Waals surface area contributed by atoms with E-state index in [9.17, 15) is 18.0 Å². The summed E-state index contributed by atoms with van der Waals surface area (Å²) >= 11 is 0. The van der Waals surface area contributed by atoms with Crippen LogP contribution in [0.1, 0.15) is 22.7 Å². The Labute approximate surface area is 147 Å². The van der Waals surface area contributed by atoms with Gasteiger partial charge in [0.15, 0.2) is 5.76 Å². The van der Waals surface area contributed by atoms with E-state index in [1.807, 2.05) is 0 Å². The van der Waals surface area contributed by atoms with E-state index in [0.717, 1.165) is 12.1 Å². The van der Waals surface area contributed by atoms with E-state index in [-0.39, 0.29) is 29.3 Å². The topological polar surface area (TPSA) is 76.4 Å². The van der Waals surface area contributed by atoms with Crippen LogP contribution in [0.25, 0.3) is 11.3 Å². The summed E-state index contributed by atoms with van der Waals surface area (Å²) in [6.45, 7) is 1.14. The van der Waals surface area contributed by atoms with Crippen LogP contribution in [0.15, 0.2) is 34.9 Å². The molecule has 0 radical (unpaired) electrons. The third-order valence-electron chi connectivity index (χ3n) is 4.10. The van der Waals surface area contributed by atoms with Crippen molar-refractivity contribution in [2.24, 2.45) is 0 Å². The summed E-state index contributed by atoms with van der Waals surface area (Å²) in [5, 5.41) is 6.01. The predicted octanol–water partition coefficient (Wildman–Crippen LogP) is 2.47. The maximum atomic E-state index is 12.8. The molecule has 1 saturated heterocycles. The van der Waals surface area contributed by atoms with Crippen LogP contribution in [0.3, 0.4) is 0 Å². The first-order chi connectivity index (χ1) is 12.4. The van der Waals surface area contributed by atoms with E-state index in [1.54, 1.807) is 7.11 Å². The van der Waals surface area contributed by atoms with Crippen LogP contribution in [-0.4, -0.2) is 43.2 Å². The maximum absolute atomic E-state index is 12.8. The second-order valence-corrected chi connectivity index (χ2v) is 6.07. The van der Waals surface area contributed by atoms with Gasteiger partial charge in [0.25, 0.3) is 5.89 Å². The maximum Gasteiger partial charge on any atom is 0.416 e. The first kappa shape index (κ1) is 18.4. The molecule has 140 valence electrons. The van der Waals surface area contributed by atoms with Crippen LogP contribution in [0.5, 0.6) is 0 Å². The van der Waals surface area contributed by atoms with Gasteiger partial charge in [0, 0.05) is 31.3 Å². The number of nitrogens with zero attached hydrogens (tertiary/aromatic N) is 1. The standard InChI is InChI=1S/C17H18F3N3O3/c1-25-9-13-6-12(7-21-13)23-15(24)16-22-8-14(26-16)10-3-2-4-11(5-10)17(18,19)20/h2-5,8,12-13,21H,6-7,9H2,1H3,(H,23,24)/t12?,13-/m0/s1. The van der Waals surface area contributed by atoms with Crippen molar-refractivity contribution in [1.82, 2.24) is 15.6 Å². The molecule has 2 aromatic rings. The molecule has 3 rings (SSSR count). The summed E-state index contributed by atoms with van der Waals surface area (Å²) in [6.07, 6.45) is -2.50. The first-order valence-corrected chi connectivity index (χ1v) is 8.03. The molecule has 26 heavy (non-hydrogen) atoms. The lowest BCUT2D eigenvalue weighted by Crippen LogP contribution is -2.36. The Balaban J connectivity index is 1.67. The second kappa shape index (κ2) is 7.46. The summed E-state index contributed by atoms with van der Waals surface area (Å²) in [7, 11) is 1.61. The molecule has 1 aromatic heterocycles. The molecular formula is C17H18F3N3O3. The summed E-state index contributed by atoms with van der Waals surface area (Å²) < 4.78 is 48.8. The molecule has 2 atom stereocenters. The number of alkyl halides is 3. The number of carbonyl (C=O) groups is 1. The number of rotatable bonds is 5. The minimum absolute atomic E-state index is 0.0912. The Morgan fingerprint density at radius 2 is 2.27 bits per heavy atom. The molecule has 2 N–H and O–H groups in total. The van der Waals surface area contributed by atoms with Gasteiger partial charge in [-0.2, -0.15) is 13.2 Å². The van der Waals surface area contributed by atoms with Crippen LogP contribution >= 0.6 is 0 Å². The van der Waals surface area contributed by atoms with E-state index in [1.165, 1.54) is 18.3 Å². The minimum Gasteiger partial charge on any atom is -0.432 e. The second-order valence-electron chi connectivity index (χ2n) is 6.07. The van der Waals surface area contributed by atoms with Crippen LogP contribution in [-0.2, 0) is 10.9 Å². The Morgan fingerprint density at radius 3 is 3.00 bits per heavy atom. The molecule has 1 aliphatic rings. The van der Waals surface area contributed by atoms with Gasteiger partial charge in [-0.25, -0.2) is 4.98 Å². The van der Waals surface area contributed by atoms with Crippen molar-refractivity contribution in [2.45, 2.75) is 24.7 Å². The normalized spacial score (nSPS) is 20.3. The third kappa shape index (κ3) is 4.23. The number of oxazole rings is 1. The smallest absolute Gasteiger partial charge is 0.416 e. The fourth-order valence-electron chi connectivity index (χ4n) is 2.87. The largest absolute Gasteiger partial charge is 0.432 e. The number of hydrogen-bond donors (Lipinski definition) is 2. The van der Waals surface area contributed by atoms with Crippen molar-refractivity contribution in [1.29, 1.82) is 0 Å². The molecule has 6 nitrogen and oxygen atoms in total. The summed E-state index contributed by atoms with van der Waals surface area (Å²) in [5.41, 5.74) is -0.590. The fraction of sp³-hybridized carbons (Fsp3) is 0.412. The molecule has 1 amide bonds. The lowest BCUT2D eigenvalue weighted by Gasteiger charge is -2.10. The van der Waals surface area contributed by atoms with E-state index in [4.69, 9.17) is 9.15 Å². The number of halogens is 3. The van der Waals surface area contributed by atoms with E-state index in [0.29, 0.717) is 19.6 Å². The van der Waals surface area contributed by atoms with E-state index in [2.05, 4.69) is 15.6 Å². The van der Waals surface area contributed by atoms with Crippen LogP contribution in [0.4, 0.5) is 13.2 Å². The van der Waals surface area contributed by atoms with Gasteiger partial charge in [0.2, 0.25) is 0 Å². The predicted molar refractivity (Wildman–Crippen MR) is 86.5 cm³/mol. The Morgan fingerprint density at radius 1 is 1.46 bits per heavy atom. The molecule has 0 saturated carbocycles. The van der Waals surface area contributed by atoms with Gasteiger partial charge in [-0.15, -0.1) is 0 Å². The number of methoxy groups -OCH3 is 1. The lowest BCUT2D eigenvalue weighted by molar-refractivity contribution is -0.137. The Hall–Kier alpha value is -2.39. The van der Waals surface area contributed by atoms with Crippen LogP contribution in [0.2, 0.25) is 0 Å². The highest BCUT2D eigenvalue weighted by molar-refractivity contribution is 5.90. The highest BCUT2D eigenvalue weighted by Gasteiger charge is 2.31. The SMILES string of the molecule is COC[C@@H]1CC(NC(=O)c2ncc(-c3cccc(C(F)(F)F)c3)o2)CN1. The third-order valence-corrected chi connectivity index (χ3v) is 4.10. The zero-order valence-corrected chi connectivity index (χ0v) is 14.0. The molecule has 0 aliphatic carbocycles. The number of aromatic nitrogens is 1. The fourth-order valence-corrected chi connectivity index (χ4v) is 2.87. The number of hydrogen-bond acceptors (Lipinski definition) is 5. The van der Waals surface area contributed by atoms with Crippen molar-refractivity contribution in [3.63, 3.8) is 0 Å². The van der Waals surface area contributed by atoms with Crippen molar-refractivity contribution < 1.29 is 27.1 Å². The van der Waals surface area contributed by atoms with Gasteiger partial charge < -0.3 is 19.8 Å². The minimum atomic E-state index is -4.45.